The number of rotatable bonds is 1. The fourth-order valence-corrected chi connectivity index (χ4v) is 5.61. The van der Waals surface area contributed by atoms with Gasteiger partial charge in [0.1, 0.15) is 23.5 Å². The Hall–Kier alpha value is -2.41. The quantitative estimate of drug-likeness (QED) is 0.724. The topological polar surface area (TPSA) is 82.8 Å². The molecule has 4 saturated heterocycles. The van der Waals surface area contributed by atoms with Gasteiger partial charge in [-0.3, -0.25) is 9.69 Å². The van der Waals surface area contributed by atoms with Crippen LogP contribution in [0.15, 0.2) is 30.4 Å². The molecular weight excluding hydrogens is 389 g/mol. The Kier molecular flexibility index (Phi) is 3.46. The zero-order valence-corrected chi connectivity index (χ0v) is 15.4. The minimum Gasteiger partial charge on any atom is -0.386 e. The van der Waals surface area contributed by atoms with Crippen molar-refractivity contribution in [1.29, 1.82) is 5.26 Å². The van der Waals surface area contributed by atoms with Gasteiger partial charge in [-0.2, -0.15) is 18.4 Å². The number of halogens is 3. The maximum Gasteiger partial charge on any atom is 0.417 e. The Morgan fingerprint density at radius 1 is 1.41 bits per heavy atom. The highest BCUT2D eigenvalue weighted by molar-refractivity contribution is 6.00. The highest BCUT2D eigenvalue weighted by Gasteiger charge is 2.79. The summed E-state index contributed by atoms with van der Waals surface area (Å²) in [6, 6.07) is 4.71. The number of hydrogen-bond donors (Lipinski definition) is 1. The van der Waals surface area contributed by atoms with Gasteiger partial charge in [0.2, 0.25) is 5.91 Å². The van der Waals surface area contributed by atoms with Crippen molar-refractivity contribution >= 4 is 11.6 Å². The third kappa shape index (κ3) is 2.04. The van der Waals surface area contributed by atoms with E-state index in [4.69, 9.17) is 14.7 Å². The van der Waals surface area contributed by atoms with Crippen LogP contribution in [0.5, 0.6) is 0 Å². The second kappa shape index (κ2) is 5.39. The number of nitrogens with zero attached hydrogens (tertiary/aromatic N) is 2. The van der Waals surface area contributed by atoms with Gasteiger partial charge in [-0.05, 0) is 30.7 Å². The average molecular weight is 406 g/mol. The molecule has 152 valence electrons. The summed E-state index contributed by atoms with van der Waals surface area (Å²) >= 11 is 0. The number of aliphatic hydroxyl groups is 1. The number of anilines is 1. The standard InChI is InChI=1S/C20H17F3N2O4/c1-9-15(26)19-5-6-28-17-14(19)13(18(9,2)29-19)16(27)25(17)11-4-3-10(8-24)12(7-11)20(21,22)23/h3-4,7,13-15,17,26H,1,5-6H2,2H3/t13-,14+,15+,17+,18-,19-/m1/s1. The molecule has 1 N–H and O–H groups in total. The summed E-state index contributed by atoms with van der Waals surface area (Å²) in [6.07, 6.45) is -6.21. The Morgan fingerprint density at radius 3 is 2.79 bits per heavy atom. The maximum atomic E-state index is 13.4. The summed E-state index contributed by atoms with van der Waals surface area (Å²) in [5.41, 5.74) is -3.37. The van der Waals surface area contributed by atoms with E-state index >= 15 is 0 Å². The molecule has 4 heterocycles. The summed E-state index contributed by atoms with van der Waals surface area (Å²) in [4.78, 5) is 14.6. The molecule has 4 aliphatic heterocycles. The summed E-state index contributed by atoms with van der Waals surface area (Å²) in [6.45, 7) is 5.79. The summed E-state index contributed by atoms with van der Waals surface area (Å²) in [5, 5.41) is 19.8. The third-order valence-electron chi connectivity index (χ3n) is 6.90. The van der Waals surface area contributed by atoms with E-state index in [1.54, 1.807) is 6.92 Å². The van der Waals surface area contributed by atoms with Crippen LogP contribution in [0.1, 0.15) is 24.5 Å². The molecule has 0 radical (unpaired) electrons. The van der Waals surface area contributed by atoms with Gasteiger partial charge in [-0.25, -0.2) is 0 Å². The number of carbonyl (C=O) groups is 1. The third-order valence-corrected chi connectivity index (χ3v) is 6.90. The maximum absolute atomic E-state index is 13.4. The van der Waals surface area contributed by atoms with Gasteiger partial charge in [0.15, 0.2) is 0 Å². The second-order valence-corrected chi connectivity index (χ2v) is 8.15. The molecule has 4 fully saturated rings. The molecule has 0 aromatic heterocycles. The first kappa shape index (κ1) is 18.6. The molecule has 4 aliphatic rings. The molecule has 0 unspecified atom stereocenters. The Bertz CT molecular complexity index is 1000. The van der Waals surface area contributed by atoms with Crippen LogP contribution in [-0.4, -0.2) is 41.2 Å². The van der Waals surface area contributed by atoms with Gasteiger partial charge in [0.05, 0.1) is 35.6 Å². The first-order chi connectivity index (χ1) is 13.6. The van der Waals surface area contributed by atoms with Crippen LogP contribution in [0.25, 0.3) is 0 Å². The average Bonchev–Trinajstić information content (AvgIpc) is 3.20. The lowest BCUT2D eigenvalue weighted by molar-refractivity contribution is -0.163. The van der Waals surface area contributed by atoms with Crippen molar-refractivity contribution in [1.82, 2.24) is 0 Å². The van der Waals surface area contributed by atoms with E-state index in [1.807, 2.05) is 0 Å². The number of alkyl halides is 3. The SMILES string of the molecule is C=C1[C@H](O)[C@@]23CCO[C@H]4[C@@H]2[C@H](C(=O)N4c2ccc(C#N)c(C(F)(F)F)c2)[C@]1(C)O3. The van der Waals surface area contributed by atoms with Crippen molar-refractivity contribution < 1.29 is 32.5 Å². The number of ether oxygens (including phenoxy) is 2. The first-order valence-corrected chi connectivity index (χ1v) is 9.20. The molecule has 5 rings (SSSR count). The molecule has 1 spiro atoms. The van der Waals surface area contributed by atoms with Crippen LogP contribution >= 0.6 is 0 Å². The molecule has 0 saturated carbocycles. The second-order valence-electron chi connectivity index (χ2n) is 8.15. The van der Waals surface area contributed by atoms with E-state index in [1.165, 1.54) is 17.0 Å². The molecule has 1 amide bonds. The minimum atomic E-state index is -4.74. The van der Waals surface area contributed by atoms with E-state index in [2.05, 4.69) is 6.58 Å². The van der Waals surface area contributed by atoms with Crippen molar-refractivity contribution in [3.63, 3.8) is 0 Å². The zero-order valence-electron chi connectivity index (χ0n) is 15.4. The predicted molar refractivity (Wildman–Crippen MR) is 92.3 cm³/mol. The number of fused-ring (bicyclic) bond motifs is 2. The molecule has 6 atom stereocenters. The molecule has 29 heavy (non-hydrogen) atoms. The molecule has 6 nitrogen and oxygen atoms in total. The molecule has 9 heteroatoms. The van der Waals surface area contributed by atoms with Crippen molar-refractivity contribution in [2.75, 3.05) is 11.5 Å². The Morgan fingerprint density at radius 2 is 2.14 bits per heavy atom. The van der Waals surface area contributed by atoms with Crippen molar-refractivity contribution in [3.8, 4) is 6.07 Å². The van der Waals surface area contributed by atoms with Crippen LogP contribution in [-0.2, 0) is 20.4 Å². The van der Waals surface area contributed by atoms with Crippen LogP contribution in [0.4, 0.5) is 18.9 Å². The fraction of sp³-hybridized carbons (Fsp3) is 0.500. The lowest BCUT2D eigenvalue weighted by Crippen LogP contribution is -2.57. The van der Waals surface area contributed by atoms with Gasteiger partial charge in [0.25, 0.3) is 0 Å². The van der Waals surface area contributed by atoms with Crippen molar-refractivity contribution in [3.05, 3.63) is 41.5 Å². The number of carbonyl (C=O) groups excluding carboxylic acids is 1. The number of amides is 1. The number of benzene rings is 1. The molecule has 2 bridgehead atoms. The highest BCUT2D eigenvalue weighted by Crippen LogP contribution is 2.66. The summed E-state index contributed by atoms with van der Waals surface area (Å²) < 4.78 is 52.3. The molecule has 1 aromatic rings. The smallest absolute Gasteiger partial charge is 0.386 e. The zero-order chi connectivity index (χ0) is 20.9. The van der Waals surface area contributed by atoms with E-state index in [0.29, 0.717) is 12.0 Å². The van der Waals surface area contributed by atoms with Crippen LogP contribution in [0, 0.1) is 23.2 Å². The first-order valence-electron chi connectivity index (χ1n) is 9.20. The van der Waals surface area contributed by atoms with E-state index < -0.39 is 58.6 Å². The predicted octanol–water partition coefficient (Wildman–Crippen LogP) is 2.36. The molecule has 1 aromatic carbocycles. The summed E-state index contributed by atoms with van der Waals surface area (Å²) in [7, 11) is 0. The highest BCUT2D eigenvalue weighted by atomic mass is 19.4. The van der Waals surface area contributed by atoms with E-state index in [0.717, 1.165) is 12.1 Å². The monoisotopic (exact) mass is 406 g/mol. The lowest BCUT2D eigenvalue weighted by atomic mass is 9.63. The van der Waals surface area contributed by atoms with Gasteiger partial charge < -0.3 is 14.6 Å². The summed E-state index contributed by atoms with van der Waals surface area (Å²) in [5.74, 6) is -1.68. The van der Waals surface area contributed by atoms with Crippen LogP contribution in [0.2, 0.25) is 0 Å². The fourth-order valence-electron chi connectivity index (χ4n) is 5.61. The van der Waals surface area contributed by atoms with Gasteiger partial charge >= 0.3 is 6.18 Å². The van der Waals surface area contributed by atoms with E-state index in [9.17, 15) is 23.1 Å². The number of aliphatic hydroxyl groups excluding tert-OH is 1. The van der Waals surface area contributed by atoms with Gasteiger partial charge in [0, 0.05) is 12.1 Å². The molecular formula is C20H17F3N2O4. The number of nitriles is 1. The Labute approximate surface area is 164 Å². The Balaban J connectivity index is 1.64. The number of hydrogen-bond acceptors (Lipinski definition) is 5. The van der Waals surface area contributed by atoms with Crippen molar-refractivity contribution in [2.45, 2.75) is 43.1 Å². The normalized spacial score (nSPS) is 40.3. The minimum absolute atomic E-state index is 0.000812. The van der Waals surface area contributed by atoms with Crippen LogP contribution < -0.4 is 4.90 Å². The molecule has 0 aliphatic carbocycles. The van der Waals surface area contributed by atoms with Crippen molar-refractivity contribution in [2.24, 2.45) is 11.8 Å². The van der Waals surface area contributed by atoms with Gasteiger partial charge in [-0.1, -0.05) is 6.58 Å². The van der Waals surface area contributed by atoms with Gasteiger partial charge in [-0.15, -0.1) is 0 Å². The largest absolute Gasteiger partial charge is 0.417 e. The van der Waals surface area contributed by atoms with E-state index in [-0.39, 0.29) is 12.3 Å². The lowest BCUT2D eigenvalue weighted by Gasteiger charge is -2.44. The van der Waals surface area contributed by atoms with Crippen LogP contribution in [0.3, 0.4) is 0 Å².